The maximum absolute atomic E-state index is 12.6. The second-order valence-electron chi connectivity index (χ2n) is 6.88. The predicted octanol–water partition coefficient (Wildman–Crippen LogP) is 3.67. The third-order valence-corrected chi connectivity index (χ3v) is 4.47. The van der Waals surface area contributed by atoms with E-state index < -0.39 is 6.04 Å². The summed E-state index contributed by atoms with van der Waals surface area (Å²) in [5.74, 6) is -0.0580. The Kier molecular flexibility index (Phi) is 7.09. The van der Waals surface area contributed by atoms with Crippen molar-refractivity contribution in [2.75, 3.05) is 5.32 Å². The maximum Gasteiger partial charge on any atom is 0.319 e. The second kappa shape index (κ2) is 9.30. The van der Waals surface area contributed by atoms with Gasteiger partial charge in [-0.05, 0) is 30.9 Å². The fourth-order valence-electron chi connectivity index (χ4n) is 3.08. The molecule has 0 aliphatic heterocycles. The van der Waals surface area contributed by atoms with Crippen LogP contribution in [-0.2, 0) is 4.79 Å². The highest BCUT2D eigenvalue weighted by Crippen LogP contribution is 2.17. The Morgan fingerprint density at radius 2 is 1.62 bits per heavy atom. The molecule has 132 valence electrons. The largest absolute Gasteiger partial charge is 0.352 e. The third kappa shape index (κ3) is 5.87. The molecule has 2 rings (SSSR count). The summed E-state index contributed by atoms with van der Waals surface area (Å²) in [7, 11) is 0. The van der Waals surface area contributed by atoms with Gasteiger partial charge in [0, 0.05) is 11.7 Å². The lowest BCUT2D eigenvalue weighted by Crippen LogP contribution is -2.53. The summed E-state index contributed by atoms with van der Waals surface area (Å²) in [4.78, 5) is 24.8. The lowest BCUT2D eigenvalue weighted by Gasteiger charge is -2.25. The summed E-state index contributed by atoms with van der Waals surface area (Å²) >= 11 is 0. The average molecular weight is 331 g/mol. The zero-order valence-electron chi connectivity index (χ0n) is 14.7. The molecular formula is C19H29N3O2. The van der Waals surface area contributed by atoms with Crippen molar-refractivity contribution in [2.24, 2.45) is 5.92 Å². The van der Waals surface area contributed by atoms with Gasteiger partial charge in [-0.1, -0.05) is 57.7 Å². The molecule has 0 bridgehead atoms. The predicted molar refractivity (Wildman–Crippen MR) is 96.9 cm³/mol. The van der Waals surface area contributed by atoms with Gasteiger partial charge in [0.15, 0.2) is 0 Å². The van der Waals surface area contributed by atoms with E-state index in [1.165, 1.54) is 25.7 Å². The smallest absolute Gasteiger partial charge is 0.319 e. The van der Waals surface area contributed by atoms with Gasteiger partial charge in [-0.2, -0.15) is 0 Å². The number of carbonyl (C=O) groups is 2. The zero-order valence-corrected chi connectivity index (χ0v) is 14.7. The van der Waals surface area contributed by atoms with Crippen molar-refractivity contribution in [3.8, 4) is 0 Å². The van der Waals surface area contributed by atoms with Gasteiger partial charge in [0.25, 0.3) is 0 Å². The lowest BCUT2D eigenvalue weighted by atomic mass is 10.0. The van der Waals surface area contributed by atoms with Gasteiger partial charge < -0.3 is 16.0 Å². The van der Waals surface area contributed by atoms with Crippen LogP contribution in [0.25, 0.3) is 0 Å². The molecule has 5 nitrogen and oxygen atoms in total. The zero-order chi connectivity index (χ0) is 17.4. The second-order valence-corrected chi connectivity index (χ2v) is 6.88. The fraction of sp³-hybridized carbons (Fsp3) is 0.579. The topological polar surface area (TPSA) is 70.2 Å². The molecule has 0 heterocycles. The first-order valence-electron chi connectivity index (χ1n) is 8.99. The molecule has 1 fully saturated rings. The molecule has 0 radical (unpaired) electrons. The molecule has 3 N–H and O–H groups in total. The molecule has 0 saturated heterocycles. The number of urea groups is 1. The molecule has 5 heteroatoms. The summed E-state index contributed by atoms with van der Waals surface area (Å²) in [5.41, 5.74) is 0.710. The Balaban J connectivity index is 1.90. The Morgan fingerprint density at radius 1 is 1.00 bits per heavy atom. The number of para-hydroxylation sites is 1. The number of carbonyl (C=O) groups excluding carboxylic acids is 2. The first-order valence-corrected chi connectivity index (χ1v) is 8.99. The van der Waals surface area contributed by atoms with E-state index in [1.54, 1.807) is 0 Å². The highest BCUT2D eigenvalue weighted by Gasteiger charge is 2.26. The van der Waals surface area contributed by atoms with Crippen molar-refractivity contribution in [3.05, 3.63) is 30.3 Å². The van der Waals surface area contributed by atoms with Crippen LogP contribution in [0.2, 0.25) is 0 Å². The van der Waals surface area contributed by atoms with Gasteiger partial charge in [0.05, 0.1) is 0 Å². The summed E-state index contributed by atoms with van der Waals surface area (Å²) in [5, 5.41) is 8.70. The average Bonchev–Trinajstić information content (AvgIpc) is 2.82. The van der Waals surface area contributed by atoms with E-state index in [4.69, 9.17) is 0 Å². The van der Waals surface area contributed by atoms with E-state index >= 15 is 0 Å². The van der Waals surface area contributed by atoms with Crippen molar-refractivity contribution in [1.82, 2.24) is 10.6 Å². The first-order chi connectivity index (χ1) is 11.6. The van der Waals surface area contributed by atoms with Gasteiger partial charge in [-0.25, -0.2) is 4.79 Å². The van der Waals surface area contributed by atoms with E-state index in [-0.39, 0.29) is 23.9 Å². The monoisotopic (exact) mass is 331 g/mol. The van der Waals surface area contributed by atoms with Crippen LogP contribution in [-0.4, -0.2) is 24.0 Å². The third-order valence-electron chi connectivity index (χ3n) is 4.47. The maximum atomic E-state index is 12.6. The molecule has 1 saturated carbocycles. The normalized spacial score (nSPS) is 17.0. The molecule has 1 aliphatic rings. The van der Waals surface area contributed by atoms with Crippen LogP contribution in [0.5, 0.6) is 0 Å². The van der Waals surface area contributed by atoms with Gasteiger partial charge in [0.2, 0.25) is 5.91 Å². The number of amides is 3. The van der Waals surface area contributed by atoms with Crippen molar-refractivity contribution in [2.45, 2.75) is 64.5 Å². The van der Waals surface area contributed by atoms with Crippen LogP contribution >= 0.6 is 0 Å². The highest BCUT2D eigenvalue weighted by molar-refractivity contribution is 5.93. The quantitative estimate of drug-likeness (QED) is 0.720. The van der Waals surface area contributed by atoms with Crippen molar-refractivity contribution in [3.63, 3.8) is 0 Å². The van der Waals surface area contributed by atoms with Crippen molar-refractivity contribution < 1.29 is 9.59 Å². The summed E-state index contributed by atoms with van der Waals surface area (Å²) in [6.07, 6.45) is 6.90. The van der Waals surface area contributed by atoms with E-state index in [0.29, 0.717) is 5.69 Å². The summed E-state index contributed by atoms with van der Waals surface area (Å²) in [6, 6.07) is 8.58. The number of rotatable bonds is 5. The van der Waals surface area contributed by atoms with Crippen LogP contribution < -0.4 is 16.0 Å². The summed E-state index contributed by atoms with van der Waals surface area (Å²) < 4.78 is 0. The minimum absolute atomic E-state index is 0.0253. The van der Waals surface area contributed by atoms with Crippen LogP contribution in [0.3, 0.4) is 0 Å². The molecule has 1 aliphatic carbocycles. The highest BCUT2D eigenvalue weighted by atomic mass is 16.2. The van der Waals surface area contributed by atoms with Crippen LogP contribution in [0.15, 0.2) is 30.3 Å². The molecule has 1 atom stereocenters. The SMILES string of the molecule is CC(C)C(NC(=O)Nc1ccccc1)C(=O)NC1CCCCCC1. The Labute approximate surface area is 144 Å². The van der Waals surface area contributed by atoms with Crippen LogP contribution in [0.1, 0.15) is 52.4 Å². The van der Waals surface area contributed by atoms with Crippen LogP contribution in [0.4, 0.5) is 10.5 Å². The molecule has 1 aromatic rings. The van der Waals surface area contributed by atoms with E-state index in [0.717, 1.165) is 12.8 Å². The molecule has 24 heavy (non-hydrogen) atoms. The number of hydrogen-bond donors (Lipinski definition) is 3. The molecule has 0 aromatic heterocycles. The number of nitrogens with one attached hydrogen (secondary N) is 3. The van der Waals surface area contributed by atoms with Gasteiger partial charge in [-0.3, -0.25) is 4.79 Å². The molecule has 3 amide bonds. The minimum Gasteiger partial charge on any atom is -0.352 e. The van der Waals surface area contributed by atoms with Gasteiger partial charge >= 0.3 is 6.03 Å². The summed E-state index contributed by atoms with van der Waals surface area (Å²) in [6.45, 7) is 3.89. The minimum atomic E-state index is -0.531. The van der Waals surface area contributed by atoms with E-state index in [2.05, 4.69) is 16.0 Å². The molecule has 0 spiro atoms. The Hall–Kier alpha value is -2.04. The lowest BCUT2D eigenvalue weighted by molar-refractivity contribution is -0.124. The van der Waals surface area contributed by atoms with E-state index in [9.17, 15) is 9.59 Å². The molecule has 1 aromatic carbocycles. The number of anilines is 1. The Bertz CT molecular complexity index is 523. The molecule has 1 unspecified atom stereocenters. The molecular weight excluding hydrogens is 302 g/mol. The number of benzene rings is 1. The van der Waals surface area contributed by atoms with Gasteiger partial charge in [-0.15, -0.1) is 0 Å². The first kappa shape index (κ1) is 18.3. The van der Waals surface area contributed by atoms with Crippen molar-refractivity contribution in [1.29, 1.82) is 0 Å². The van der Waals surface area contributed by atoms with Gasteiger partial charge in [0.1, 0.15) is 6.04 Å². The fourth-order valence-corrected chi connectivity index (χ4v) is 3.08. The number of hydrogen-bond acceptors (Lipinski definition) is 2. The Morgan fingerprint density at radius 3 is 2.21 bits per heavy atom. The van der Waals surface area contributed by atoms with Crippen LogP contribution in [0, 0.1) is 5.92 Å². The van der Waals surface area contributed by atoms with Crippen molar-refractivity contribution >= 4 is 17.6 Å². The van der Waals surface area contributed by atoms with E-state index in [1.807, 2.05) is 44.2 Å². The standard InChI is InChI=1S/C19H29N3O2/c1-14(2)17(18(23)20-15-10-6-3-4-7-11-15)22-19(24)21-16-12-8-5-9-13-16/h5,8-9,12-15,17H,3-4,6-7,10-11H2,1-2H3,(H,20,23)(H2,21,22,24).